The van der Waals surface area contributed by atoms with Crippen LogP contribution in [0.15, 0.2) is 18.2 Å². The standard InChI is InChI=1S/C15H20N2O4/c1-10-5-6-13(20-2)12(8-10)17-15(19)14(18)16-9-11-4-3-7-21-11/h5-6,8,11H,3-4,7,9H2,1-2H3,(H,16,18)(H,17,19). The Morgan fingerprint density at radius 1 is 1.38 bits per heavy atom. The summed E-state index contributed by atoms with van der Waals surface area (Å²) in [5, 5.41) is 5.14. The maximum absolute atomic E-state index is 11.9. The van der Waals surface area contributed by atoms with Crippen LogP contribution in [0.3, 0.4) is 0 Å². The number of rotatable bonds is 4. The number of hydrogen-bond donors (Lipinski definition) is 2. The highest BCUT2D eigenvalue weighted by atomic mass is 16.5. The van der Waals surface area contributed by atoms with E-state index in [1.54, 1.807) is 12.1 Å². The second-order valence-corrected chi connectivity index (χ2v) is 5.00. The summed E-state index contributed by atoms with van der Waals surface area (Å²) in [6.45, 7) is 2.97. The van der Waals surface area contributed by atoms with Crippen molar-refractivity contribution >= 4 is 17.5 Å². The lowest BCUT2D eigenvalue weighted by Crippen LogP contribution is -2.39. The van der Waals surface area contributed by atoms with Gasteiger partial charge in [-0.3, -0.25) is 9.59 Å². The molecule has 0 radical (unpaired) electrons. The minimum absolute atomic E-state index is 0.00950. The average Bonchev–Trinajstić information content (AvgIpc) is 2.98. The van der Waals surface area contributed by atoms with Gasteiger partial charge in [-0.25, -0.2) is 0 Å². The van der Waals surface area contributed by atoms with Gasteiger partial charge in [-0.15, -0.1) is 0 Å². The summed E-state index contributed by atoms with van der Waals surface area (Å²) in [4.78, 5) is 23.6. The molecule has 0 spiro atoms. The Balaban J connectivity index is 1.90. The van der Waals surface area contributed by atoms with Gasteiger partial charge >= 0.3 is 11.8 Å². The molecule has 1 unspecified atom stereocenters. The first kappa shape index (κ1) is 15.3. The summed E-state index contributed by atoms with van der Waals surface area (Å²) < 4.78 is 10.5. The molecule has 2 amide bonds. The fraction of sp³-hybridized carbons (Fsp3) is 0.467. The maximum Gasteiger partial charge on any atom is 0.313 e. The Labute approximate surface area is 123 Å². The molecule has 1 aliphatic rings. The van der Waals surface area contributed by atoms with Crippen molar-refractivity contribution in [1.82, 2.24) is 5.32 Å². The Morgan fingerprint density at radius 3 is 2.86 bits per heavy atom. The lowest BCUT2D eigenvalue weighted by molar-refractivity contribution is -0.136. The molecule has 2 rings (SSSR count). The molecule has 1 saturated heterocycles. The van der Waals surface area contributed by atoms with Crippen molar-refractivity contribution in [2.75, 3.05) is 25.6 Å². The first-order valence-electron chi connectivity index (χ1n) is 6.95. The highest BCUT2D eigenvalue weighted by Crippen LogP contribution is 2.24. The SMILES string of the molecule is COc1ccc(C)cc1NC(=O)C(=O)NCC1CCCO1. The Bertz CT molecular complexity index is 524. The molecule has 114 valence electrons. The van der Waals surface area contributed by atoms with Gasteiger partial charge in [-0.05, 0) is 37.5 Å². The maximum atomic E-state index is 11.9. The van der Waals surface area contributed by atoms with Crippen LogP contribution in [0.5, 0.6) is 5.75 Å². The first-order chi connectivity index (χ1) is 10.1. The van der Waals surface area contributed by atoms with Gasteiger partial charge in [0.2, 0.25) is 0 Å². The number of ether oxygens (including phenoxy) is 2. The third-order valence-electron chi connectivity index (χ3n) is 3.32. The predicted molar refractivity (Wildman–Crippen MR) is 78.3 cm³/mol. The monoisotopic (exact) mass is 292 g/mol. The molecule has 2 N–H and O–H groups in total. The summed E-state index contributed by atoms with van der Waals surface area (Å²) in [5.74, 6) is -0.869. The first-order valence-corrected chi connectivity index (χ1v) is 6.95. The lowest BCUT2D eigenvalue weighted by Gasteiger charge is -2.12. The zero-order valence-electron chi connectivity index (χ0n) is 12.3. The molecule has 1 fully saturated rings. The van der Waals surface area contributed by atoms with Crippen molar-refractivity contribution in [3.05, 3.63) is 23.8 Å². The number of aryl methyl sites for hydroxylation is 1. The van der Waals surface area contributed by atoms with E-state index in [0.29, 0.717) is 24.6 Å². The van der Waals surface area contributed by atoms with Gasteiger partial charge in [0.25, 0.3) is 0 Å². The van der Waals surface area contributed by atoms with E-state index < -0.39 is 11.8 Å². The van der Waals surface area contributed by atoms with E-state index >= 15 is 0 Å². The van der Waals surface area contributed by atoms with Gasteiger partial charge in [0.1, 0.15) is 5.75 Å². The molecular weight excluding hydrogens is 272 g/mol. The molecule has 1 aromatic carbocycles. The predicted octanol–water partition coefficient (Wildman–Crippen LogP) is 1.24. The number of carbonyl (C=O) groups excluding carboxylic acids is 2. The highest BCUT2D eigenvalue weighted by Gasteiger charge is 2.20. The van der Waals surface area contributed by atoms with Crippen molar-refractivity contribution in [2.24, 2.45) is 0 Å². The van der Waals surface area contributed by atoms with E-state index in [0.717, 1.165) is 18.4 Å². The van der Waals surface area contributed by atoms with Gasteiger partial charge in [0.05, 0.1) is 18.9 Å². The van der Waals surface area contributed by atoms with Crippen molar-refractivity contribution in [1.29, 1.82) is 0 Å². The number of nitrogens with one attached hydrogen (secondary N) is 2. The molecule has 1 aliphatic heterocycles. The highest BCUT2D eigenvalue weighted by molar-refractivity contribution is 6.39. The van der Waals surface area contributed by atoms with Crippen molar-refractivity contribution in [3.63, 3.8) is 0 Å². The molecule has 0 aliphatic carbocycles. The van der Waals surface area contributed by atoms with Crippen LogP contribution < -0.4 is 15.4 Å². The van der Waals surface area contributed by atoms with Gasteiger partial charge in [-0.2, -0.15) is 0 Å². The summed E-state index contributed by atoms with van der Waals surface area (Å²) in [7, 11) is 1.51. The number of benzene rings is 1. The molecule has 1 atom stereocenters. The fourth-order valence-electron chi connectivity index (χ4n) is 2.19. The summed E-state index contributed by atoms with van der Waals surface area (Å²) >= 11 is 0. The van der Waals surface area contributed by atoms with E-state index in [2.05, 4.69) is 10.6 Å². The number of hydrogen-bond acceptors (Lipinski definition) is 4. The number of carbonyl (C=O) groups is 2. The molecule has 0 aromatic heterocycles. The minimum atomic E-state index is -0.711. The van der Waals surface area contributed by atoms with Gasteiger partial charge in [0.15, 0.2) is 0 Å². The van der Waals surface area contributed by atoms with E-state index in [1.807, 2.05) is 13.0 Å². The smallest absolute Gasteiger partial charge is 0.313 e. The summed E-state index contributed by atoms with van der Waals surface area (Å²) in [5.41, 5.74) is 1.45. The molecular formula is C15H20N2O4. The summed E-state index contributed by atoms with van der Waals surface area (Å²) in [6.07, 6.45) is 1.91. The zero-order valence-corrected chi connectivity index (χ0v) is 12.3. The van der Waals surface area contributed by atoms with Gasteiger partial charge in [-0.1, -0.05) is 6.07 Å². The normalized spacial score (nSPS) is 17.3. The van der Waals surface area contributed by atoms with Crippen LogP contribution in [0, 0.1) is 6.92 Å². The molecule has 0 saturated carbocycles. The van der Waals surface area contributed by atoms with Crippen molar-refractivity contribution in [3.8, 4) is 5.75 Å². The molecule has 6 nitrogen and oxygen atoms in total. The van der Waals surface area contributed by atoms with E-state index in [-0.39, 0.29) is 6.10 Å². The van der Waals surface area contributed by atoms with Crippen LogP contribution in [0.25, 0.3) is 0 Å². The molecule has 1 aromatic rings. The van der Waals surface area contributed by atoms with Crippen LogP contribution >= 0.6 is 0 Å². The number of amides is 2. The van der Waals surface area contributed by atoms with Gasteiger partial charge in [0, 0.05) is 13.2 Å². The van der Waals surface area contributed by atoms with Crippen LogP contribution in [-0.4, -0.2) is 38.2 Å². The Kier molecular flexibility index (Phi) is 5.16. The fourth-order valence-corrected chi connectivity index (χ4v) is 2.19. The van der Waals surface area contributed by atoms with Crippen LogP contribution in [-0.2, 0) is 14.3 Å². The summed E-state index contributed by atoms with van der Waals surface area (Å²) in [6, 6.07) is 5.37. The third-order valence-corrected chi connectivity index (χ3v) is 3.32. The second kappa shape index (κ2) is 7.08. The zero-order chi connectivity index (χ0) is 15.2. The van der Waals surface area contributed by atoms with Crippen LogP contribution in [0.2, 0.25) is 0 Å². The molecule has 1 heterocycles. The van der Waals surface area contributed by atoms with E-state index in [9.17, 15) is 9.59 Å². The van der Waals surface area contributed by atoms with Gasteiger partial charge < -0.3 is 20.1 Å². The Morgan fingerprint density at radius 2 is 2.19 bits per heavy atom. The van der Waals surface area contributed by atoms with Crippen molar-refractivity contribution in [2.45, 2.75) is 25.9 Å². The topological polar surface area (TPSA) is 76.7 Å². The second-order valence-electron chi connectivity index (χ2n) is 5.00. The molecule has 6 heteroatoms. The molecule has 0 bridgehead atoms. The number of anilines is 1. The lowest BCUT2D eigenvalue weighted by atomic mass is 10.2. The quantitative estimate of drug-likeness (QED) is 0.819. The van der Waals surface area contributed by atoms with Crippen molar-refractivity contribution < 1.29 is 19.1 Å². The van der Waals surface area contributed by atoms with E-state index in [1.165, 1.54) is 7.11 Å². The van der Waals surface area contributed by atoms with Crippen LogP contribution in [0.1, 0.15) is 18.4 Å². The average molecular weight is 292 g/mol. The van der Waals surface area contributed by atoms with E-state index in [4.69, 9.17) is 9.47 Å². The Hall–Kier alpha value is -2.08. The largest absolute Gasteiger partial charge is 0.495 e. The van der Waals surface area contributed by atoms with Crippen LogP contribution in [0.4, 0.5) is 5.69 Å². The minimum Gasteiger partial charge on any atom is -0.495 e. The third kappa shape index (κ3) is 4.19. The number of methoxy groups -OCH3 is 1. The molecule has 21 heavy (non-hydrogen) atoms.